The molecule has 0 saturated carbocycles. The highest BCUT2D eigenvalue weighted by atomic mass is 32.2. The maximum absolute atomic E-state index is 12.3. The Bertz CT molecular complexity index is 882. The summed E-state index contributed by atoms with van der Waals surface area (Å²) in [5, 5.41) is 8.95. The topological polar surface area (TPSA) is 106 Å². The number of anilines is 1. The third-order valence-electron chi connectivity index (χ3n) is 2.82. The van der Waals surface area contributed by atoms with Crippen LogP contribution in [-0.4, -0.2) is 14.2 Å². The molecule has 0 aliphatic heterocycles. The van der Waals surface area contributed by atoms with Crippen molar-refractivity contribution >= 4 is 27.6 Å². The largest absolute Gasteiger partial charge is 0.430 e. The lowest BCUT2D eigenvalue weighted by Crippen LogP contribution is -1.97. The number of benzene rings is 1. The summed E-state index contributed by atoms with van der Waals surface area (Å²) in [5.41, 5.74) is 8.38. The van der Waals surface area contributed by atoms with Crippen LogP contribution in [0.3, 0.4) is 0 Å². The van der Waals surface area contributed by atoms with Crippen LogP contribution in [0.25, 0.3) is 11.1 Å². The maximum Gasteiger partial charge on any atom is 0.288 e. The normalized spacial score (nSPS) is 12.1. The van der Waals surface area contributed by atoms with E-state index >= 15 is 0 Å². The molecule has 7 heteroatoms. The van der Waals surface area contributed by atoms with Crippen molar-refractivity contribution in [2.45, 2.75) is 11.0 Å². The number of hydrogen-bond donors (Lipinski definition) is 1. The quantitative estimate of drug-likeness (QED) is 0.741. The Morgan fingerprint density at radius 1 is 1.33 bits per heavy atom. The summed E-state index contributed by atoms with van der Waals surface area (Å²) < 4.78 is 17.8. The molecule has 3 aromatic rings. The predicted molar refractivity (Wildman–Crippen MR) is 77.5 cm³/mol. The van der Waals surface area contributed by atoms with Crippen molar-refractivity contribution in [1.82, 2.24) is 9.97 Å². The van der Waals surface area contributed by atoms with Gasteiger partial charge in [0.05, 0.1) is 5.75 Å². The molecule has 0 aliphatic carbocycles. The second kappa shape index (κ2) is 5.34. The van der Waals surface area contributed by atoms with Crippen LogP contribution in [-0.2, 0) is 16.6 Å². The standard InChI is InChI=1S/C14H10N4O2S/c15-7-11-5-9(3-4-17-11)8-21(19)14-18-12-6-10(16)1-2-13(12)20-14/h1-6H,8,16H2. The van der Waals surface area contributed by atoms with Crippen LogP contribution in [0, 0.1) is 11.3 Å². The number of oxazole rings is 1. The van der Waals surface area contributed by atoms with E-state index in [1.165, 1.54) is 6.20 Å². The molecule has 2 heterocycles. The number of nitriles is 1. The number of nitrogen functional groups attached to an aromatic ring is 1. The number of nitrogens with zero attached hydrogens (tertiary/aromatic N) is 3. The van der Waals surface area contributed by atoms with Crippen molar-refractivity contribution in [2.24, 2.45) is 0 Å². The van der Waals surface area contributed by atoms with Crippen molar-refractivity contribution < 1.29 is 8.63 Å². The number of rotatable bonds is 3. The molecule has 2 N–H and O–H groups in total. The van der Waals surface area contributed by atoms with Crippen LogP contribution in [0.5, 0.6) is 0 Å². The van der Waals surface area contributed by atoms with Gasteiger partial charge >= 0.3 is 0 Å². The van der Waals surface area contributed by atoms with Gasteiger partial charge in [0.15, 0.2) is 5.58 Å². The van der Waals surface area contributed by atoms with Crippen molar-refractivity contribution in [2.75, 3.05) is 5.73 Å². The Morgan fingerprint density at radius 2 is 2.19 bits per heavy atom. The number of fused-ring (bicyclic) bond motifs is 1. The van der Waals surface area contributed by atoms with E-state index < -0.39 is 10.8 Å². The van der Waals surface area contributed by atoms with E-state index in [9.17, 15) is 4.21 Å². The van der Waals surface area contributed by atoms with Crippen LogP contribution in [0.15, 0.2) is 46.2 Å². The Labute approximate surface area is 122 Å². The molecule has 21 heavy (non-hydrogen) atoms. The molecule has 6 nitrogen and oxygen atoms in total. The van der Waals surface area contributed by atoms with E-state index in [0.29, 0.717) is 16.8 Å². The molecule has 0 aliphatic rings. The molecular formula is C14H10N4O2S. The van der Waals surface area contributed by atoms with Gasteiger partial charge in [-0.15, -0.1) is 0 Å². The lowest BCUT2D eigenvalue weighted by molar-refractivity contribution is 0.477. The number of nitrogens with two attached hydrogens (primary N) is 1. The van der Waals surface area contributed by atoms with Gasteiger partial charge < -0.3 is 10.2 Å². The predicted octanol–water partition coefficient (Wildman–Crippen LogP) is 1.98. The summed E-state index contributed by atoms with van der Waals surface area (Å²) in [6.07, 6.45) is 1.51. The molecule has 0 amide bonds. The van der Waals surface area contributed by atoms with E-state index in [-0.39, 0.29) is 16.7 Å². The van der Waals surface area contributed by atoms with Crippen molar-refractivity contribution in [1.29, 1.82) is 5.26 Å². The fourth-order valence-electron chi connectivity index (χ4n) is 1.86. The van der Waals surface area contributed by atoms with Gasteiger partial charge in [-0.3, -0.25) is 0 Å². The van der Waals surface area contributed by atoms with Crippen molar-refractivity contribution in [3.05, 3.63) is 47.8 Å². The minimum absolute atomic E-state index is 0.144. The summed E-state index contributed by atoms with van der Waals surface area (Å²) >= 11 is 0. The molecule has 3 rings (SSSR count). The summed E-state index contributed by atoms with van der Waals surface area (Å²) in [7, 11) is -1.44. The summed E-state index contributed by atoms with van der Waals surface area (Å²) in [4.78, 5) is 8.05. The summed E-state index contributed by atoms with van der Waals surface area (Å²) in [6.45, 7) is 0. The molecule has 1 atom stereocenters. The first-order valence-electron chi connectivity index (χ1n) is 6.05. The zero-order valence-electron chi connectivity index (χ0n) is 10.8. The highest BCUT2D eigenvalue weighted by Gasteiger charge is 2.14. The number of hydrogen-bond acceptors (Lipinski definition) is 6. The van der Waals surface area contributed by atoms with Gasteiger partial charge in [0.2, 0.25) is 0 Å². The number of aromatic nitrogens is 2. The Kier molecular flexibility index (Phi) is 3.38. The summed E-state index contributed by atoms with van der Waals surface area (Å²) in [6, 6.07) is 10.3. The van der Waals surface area contributed by atoms with Crippen molar-refractivity contribution in [3.63, 3.8) is 0 Å². The first-order valence-corrected chi connectivity index (χ1v) is 7.37. The number of pyridine rings is 1. The molecule has 0 radical (unpaired) electrons. The average Bonchev–Trinajstić information content (AvgIpc) is 2.90. The second-order valence-electron chi connectivity index (χ2n) is 4.36. The lowest BCUT2D eigenvalue weighted by Gasteiger charge is -1.98. The van der Waals surface area contributed by atoms with Gasteiger partial charge in [0.1, 0.15) is 28.1 Å². The monoisotopic (exact) mass is 298 g/mol. The van der Waals surface area contributed by atoms with E-state index in [0.717, 1.165) is 5.56 Å². The maximum atomic E-state index is 12.3. The third-order valence-corrected chi connectivity index (χ3v) is 3.98. The summed E-state index contributed by atoms with van der Waals surface area (Å²) in [5.74, 6) is 0.208. The Hall–Kier alpha value is -2.72. The molecule has 104 valence electrons. The first-order chi connectivity index (χ1) is 10.2. The molecule has 0 saturated heterocycles. The van der Waals surface area contributed by atoms with Crippen LogP contribution in [0.1, 0.15) is 11.3 Å². The van der Waals surface area contributed by atoms with E-state index in [1.807, 2.05) is 6.07 Å². The highest BCUT2D eigenvalue weighted by Crippen LogP contribution is 2.21. The van der Waals surface area contributed by atoms with E-state index in [2.05, 4.69) is 9.97 Å². The smallest absolute Gasteiger partial charge is 0.288 e. The SMILES string of the molecule is N#Cc1cc(CS(=O)c2nc3cc(N)ccc3o2)ccn1. The third kappa shape index (κ3) is 2.75. The Balaban J connectivity index is 1.88. The molecule has 2 aromatic heterocycles. The first kappa shape index (κ1) is 13.3. The molecule has 0 fully saturated rings. The van der Waals surface area contributed by atoms with Gasteiger partial charge in [-0.2, -0.15) is 5.26 Å². The highest BCUT2D eigenvalue weighted by molar-refractivity contribution is 7.84. The molecular weight excluding hydrogens is 288 g/mol. The molecule has 0 spiro atoms. The second-order valence-corrected chi connectivity index (χ2v) is 5.69. The van der Waals surface area contributed by atoms with Gasteiger partial charge in [0, 0.05) is 11.9 Å². The van der Waals surface area contributed by atoms with Crippen LogP contribution >= 0.6 is 0 Å². The van der Waals surface area contributed by atoms with Crippen LogP contribution < -0.4 is 5.73 Å². The van der Waals surface area contributed by atoms with E-state index in [1.54, 1.807) is 30.3 Å². The zero-order valence-corrected chi connectivity index (χ0v) is 11.6. The van der Waals surface area contributed by atoms with Gasteiger partial charge in [0.25, 0.3) is 5.22 Å². The molecule has 1 aromatic carbocycles. The van der Waals surface area contributed by atoms with Crippen molar-refractivity contribution in [3.8, 4) is 6.07 Å². The zero-order chi connectivity index (χ0) is 14.8. The fraction of sp³-hybridized carbons (Fsp3) is 0.0714. The van der Waals surface area contributed by atoms with Gasteiger partial charge in [-0.25, -0.2) is 14.2 Å². The average molecular weight is 298 g/mol. The Morgan fingerprint density at radius 3 is 3.00 bits per heavy atom. The molecule has 0 bridgehead atoms. The minimum Gasteiger partial charge on any atom is -0.430 e. The fourth-order valence-corrected chi connectivity index (χ4v) is 2.85. The minimum atomic E-state index is -1.44. The van der Waals surface area contributed by atoms with Gasteiger partial charge in [-0.1, -0.05) is 0 Å². The van der Waals surface area contributed by atoms with E-state index in [4.69, 9.17) is 15.4 Å². The van der Waals surface area contributed by atoms with Crippen LogP contribution in [0.2, 0.25) is 0 Å². The lowest BCUT2D eigenvalue weighted by atomic mass is 10.2. The van der Waals surface area contributed by atoms with Crippen LogP contribution in [0.4, 0.5) is 5.69 Å². The molecule has 1 unspecified atom stereocenters. The van der Waals surface area contributed by atoms with Gasteiger partial charge in [-0.05, 0) is 35.9 Å².